The maximum Gasteiger partial charge on any atom is 0.320 e. The number of carbonyl (C=O) groups is 1. The highest BCUT2D eigenvalue weighted by Crippen LogP contribution is 2.30. The SMILES string of the molecule is C[C@H](C(=O)NC1CC1)N1CCN([C@H](C)c2nc3ccccc3n2C(F)F)CC1. The molecule has 1 saturated carbocycles. The van der Waals surface area contributed by atoms with Gasteiger partial charge in [0.2, 0.25) is 5.91 Å². The molecule has 1 amide bonds. The molecule has 152 valence electrons. The Balaban J connectivity index is 1.44. The van der Waals surface area contributed by atoms with E-state index in [0.717, 1.165) is 30.5 Å². The molecule has 1 N–H and O–H groups in total. The highest BCUT2D eigenvalue weighted by atomic mass is 19.3. The summed E-state index contributed by atoms with van der Waals surface area (Å²) < 4.78 is 28.5. The molecule has 6 nitrogen and oxygen atoms in total. The second kappa shape index (κ2) is 7.75. The molecule has 4 rings (SSSR count). The summed E-state index contributed by atoms with van der Waals surface area (Å²) in [6.07, 6.45) is 2.16. The number of hydrogen-bond donors (Lipinski definition) is 1. The Morgan fingerprint density at radius 2 is 1.75 bits per heavy atom. The first-order valence-electron chi connectivity index (χ1n) is 9.99. The number of fused-ring (bicyclic) bond motifs is 1. The molecule has 1 aromatic carbocycles. The van der Waals surface area contributed by atoms with Crippen LogP contribution in [0.2, 0.25) is 0 Å². The second-order valence-electron chi connectivity index (χ2n) is 7.81. The number of imidazole rings is 1. The van der Waals surface area contributed by atoms with Crippen molar-refractivity contribution >= 4 is 16.9 Å². The van der Waals surface area contributed by atoms with Gasteiger partial charge in [0.05, 0.1) is 23.1 Å². The molecule has 1 saturated heterocycles. The van der Waals surface area contributed by atoms with Crippen LogP contribution in [0.25, 0.3) is 11.0 Å². The number of benzene rings is 1. The number of alkyl halides is 2. The van der Waals surface area contributed by atoms with Crippen molar-refractivity contribution in [1.82, 2.24) is 24.7 Å². The van der Waals surface area contributed by atoms with Crippen LogP contribution in [0, 0.1) is 0 Å². The minimum absolute atomic E-state index is 0.0866. The van der Waals surface area contributed by atoms with E-state index in [1.165, 1.54) is 0 Å². The number of aromatic nitrogens is 2. The molecule has 8 heteroatoms. The van der Waals surface area contributed by atoms with Crippen LogP contribution in [0.4, 0.5) is 8.78 Å². The highest BCUT2D eigenvalue weighted by molar-refractivity contribution is 5.81. The number of nitrogens with zero attached hydrogens (tertiary/aromatic N) is 4. The van der Waals surface area contributed by atoms with Crippen LogP contribution in [0.5, 0.6) is 0 Å². The first-order valence-corrected chi connectivity index (χ1v) is 9.99. The van der Waals surface area contributed by atoms with Crippen molar-refractivity contribution in [2.45, 2.75) is 51.4 Å². The normalized spacial score (nSPS) is 21.2. The predicted octanol–water partition coefficient (Wildman–Crippen LogP) is 2.78. The zero-order valence-electron chi connectivity index (χ0n) is 16.3. The molecule has 2 aliphatic rings. The Morgan fingerprint density at radius 1 is 1.11 bits per heavy atom. The van der Waals surface area contributed by atoms with E-state index in [9.17, 15) is 13.6 Å². The number of amides is 1. The van der Waals surface area contributed by atoms with Gasteiger partial charge in [0.1, 0.15) is 5.82 Å². The van der Waals surface area contributed by atoms with Gasteiger partial charge in [-0.05, 0) is 38.8 Å². The lowest BCUT2D eigenvalue weighted by atomic mass is 10.1. The Labute approximate surface area is 163 Å². The van der Waals surface area contributed by atoms with Gasteiger partial charge >= 0.3 is 6.55 Å². The molecule has 0 unspecified atom stereocenters. The molecule has 28 heavy (non-hydrogen) atoms. The van der Waals surface area contributed by atoms with Crippen molar-refractivity contribution in [2.24, 2.45) is 0 Å². The van der Waals surface area contributed by atoms with Gasteiger partial charge in [-0.15, -0.1) is 0 Å². The molecular formula is C20H27F2N5O. The molecule has 2 atom stereocenters. The average molecular weight is 391 g/mol. The number of carbonyl (C=O) groups excluding carboxylic acids is 1. The largest absolute Gasteiger partial charge is 0.352 e. The van der Waals surface area contributed by atoms with Gasteiger partial charge in [-0.1, -0.05) is 12.1 Å². The van der Waals surface area contributed by atoms with Crippen LogP contribution >= 0.6 is 0 Å². The molecule has 0 bridgehead atoms. The van der Waals surface area contributed by atoms with Gasteiger partial charge in [-0.3, -0.25) is 19.2 Å². The Morgan fingerprint density at radius 3 is 2.39 bits per heavy atom. The van der Waals surface area contributed by atoms with Gasteiger partial charge in [0.15, 0.2) is 0 Å². The van der Waals surface area contributed by atoms with Crippen molar-refractivity contribution in [3.05, 3.63) is 30.1 Å². The summed E-state index contributed by atoms with van der Waals surface area (Å²) in [5.74, 6) is 0.479. The fourth-order valence-corrected chi connectivity index (χ4v) is 3.95. The van der Waals surface area contributed by atoms with Crippen LogP contribution < -0.4 is 5.32 Å². The summed E-state index contributed by atoms with van der Waals surface area (Å²) >= 11 is 0. The lowest BCUT2D eigenvalue weighted by Crippen LogP contribution is -2.54. The van der Waals surface area contributed by atoms with Crippen LogP contribution in [-0.2, 0) is 4.79 Å². The maximum atomic E-state index is 13.7. The molecule has 1 aliphatic heterocycles. The molecule has 2 aromatic rings. The lowest BCUT2D eigenvalue weighted by molar-refractivity contribution is -0.126. The zero-order chi connectivity index (χ0) is 19.8. The summed E-state index contributed by atoms with van der Waals surface area (Å²) in [6.45, 7) is 4.14. The van der Waals surface area contributed by atoms with Crippen LogP contribution in [0.3, 0.4) is 0 Å². The molecule has 1 aromatic heterocycles. The number of para-hydroxylation sites is 2. The predicted molar refractivity (Wildman–Crippen MR) is 103 cm³/mol. The first kappa shape index (κ1) is 19.3. The Hall–Kier alpha value is -2.06. The number of nitrogens with one attached hydrogen (secondary N) is 1. The number of rotatable bonds is 6. The molecule has 2 heterocycles. The molecule has 2 fully saturated rings. The summed E-state index contributed by atoms with van der Waals surface area (Å²) in [6, 6.07) is 6.99. The first-order chi connectivity index (χ1) is 13.5. The van der Waals surface area contributed by atoms with Gasteiger partial charge in [0.25, 0.3) is 0 Å². The Kier molecular flexibility index (Phi) is 5.33. The Bertz CT molecular complexity index is 842. The standard InChI is InChI=1S/C20H27F2N5O/c1-13(18-24-16-5-3-4-6-17(16)27(18)20(21)22)25-9-11-26(12-10-25)14(2)19(28)23-15-7-8-15/h3-6,13-15,20H,7-12H2,1-2H3,(H,23,28)/t13-,14-/m1/s1. The van der Waals surface area contributed by atoms with Crippen molar-refractivity contribution in [3.63, 3.8) is 0 Å². The second-order valence-corrected chi connectivity index (χ2v) is 7.81. The van der Waals surface area contributed by atoms with Gasteiger partial charge in [-0.25, -0.2) is 4.98 Å². The monoisotopic (exact) mass is 391 g/mol. The quantitative estimate of drug-likeness (QED) is 0.823. The smallest absolute Gasteiger partial charge is 0.320 e. The third-order valence-corrected chi connectivity index (χ3v) is 5.94. The summed E-state index contributed by atoms with van der Waals surface area (Å²) in [5.41, 5.74) is 1.05. The van der Waals surface area contributed by atoms with E-state index >= 15 is 0 Å². The zero-order valence-corrected chi connectivity index (χ0v) is 16.3. The fourth-order valence-electron chi connectivity index (χ4n) is 3.95. The number of halogens is 2. The minimum Gasteiger partial charge on any atom is -0.352 e. The minimum atomic E-state index is -2.63. The summed E-state index contributed by atoms with van der Waals surface area (Å²) in [7, 11) is 0. The molecular weight excluding hydrogens is 364 g/mol. The van der Waals surface area contributed by atoms with Crippen molar-refractivity contribution in [1.29, 1.82) is 0 Å². The molecule has 0 radical (unpaired) electrons. The van der Waals surface area contributed by atoms with Gasteiger partial charge < -0.3 is 5.32 Å². The van der Waals surface area contributed by atoms with E-state index in [-0.39, 0.29) is 18.0 Å². The van der Waals surface area contributed by atoms with Crippen LogP contribution in [0.1, 0.15) is 45.1 Å². The number of piperazine rings is 1. The third-order valence-electron chi connectivity index (χ3n) is 5.94. The van der Waals surface area contributed by atoms with Gasteiger partial charge in [-0.2, -0.15) is 8.78 Å². The van der Waals surface area contributed by atoms with Crippen molar-refractivity contribution in [2.75, 3.05) is 26.2 Å². The van der Waals surface area contributed by atoms with Crippen LogP contribution in [-0.4, -0.2) is 63.5 Å². The van der Waals surface area contributed by atoms with E-state index in [4.69, 9.17) is 0 Å². The van der Waals surface area contributed by atoms with Gasteiger partial charge in [0, 0.05) is 32.2 Å². The summed E-state index contributed by atoms with van der Waals surface area (Å²) in [4.78, 5) is 21.1. The lowest BCUT2D eigenvalue weighted by Gasteiger charge is -2.39. The van der Waals surface area contributed by atoms with Crippen molar-refractivity contribution in [3.8, 4) is 0 Å². The van der Waals surface area contributed by atoms with E-state index in [1.54, 1.807) is 18.2 Å². The van der Waals surface area contributed by atoms with Crippen molar-refractivity contribution < 1.29 is 13.6 Å². The average Bonchev–Trinajstić information content (AvgIpc) is 3.42. The van der Waals surface area contributed by atoms with E-state index in [2.05, 4.69) is 20.1 Å². The van der Waals surface area contributed by atoms with E-state index in [1.807, 2.05) is 19.9 Å². The maximum absolute atomic E-state index is 13.7. The number of hydrogen-bond acceptors (Lipinski definition) is 4. The third kappa shape index (κ3) is 3.75. The van der Waals surface area contributed by atoms with Crippen LogP contribution in [0.15, 0.2) is 24.3 Å². The van der Waals surface area contributed by atoms with E-state index in [0.29, 0.717) is 36.0 Å². The highest BCUT2D eigenvalue weighted by Gasteiger charge is 2.32. The topological polar surface area (TPSA) is 53.4 Å². The molecule has 1 aliphatic carbocycles. The fraction of sp³-hybridized carbons (Fsp3) is 0.600. The molecule has 0 spiro atoms. The van der Waals surface area contributed by atoms with E-state index < -0.39 is 6.55 Å². The summed E-state index contributed by atoms with van der Waals surface area (Å²) in [5, 5.41) is 3.05.